The Kier molecular flexibility index (Phi) is 3.91. The maximum absolute atomic E-state index is 11.0. The number of aryl methyl sites for hydroxylation is 1. The van der Waals surface area contributed by atoms with E-state index in [0.717, 1.165) is 30.6 Å². The molecule has 0 bridgehead atoms. The summed E-state index contributed by atoms with van der Waals surface area (Å²) < 4.78 is 0. The minimum absolute atomic E-state index is 0.0420. The van der Waals surface area contributed by atoms with E-state index in [0.29, 0.717) is 6.04 Å². The summed E-state index contributed by atoms with van der Waals surface area (Å²) in [5.74, 6) is -0.0420. The Balaban J connectivity index is 1.64. The van der Waals surface area contributed by atoms with Gasteiger partial charge >= 0.3 is 0 Å². The normalized spacial score (nSPS) is 16.9. The number of carbonyl (C=O) groups is 1. The second kappa shape index (κ2) is 6.00. The Morgan fingerprint density at radius 3 is 2.38 bits per heavy atom. The van der Waals surface area contributed by atoms with E-state index in [1.807, 2.05) is 24.3 Å². The topological polar surface area (TPSA) is 41.1 Å². The summed E-state index contributed by atoms with van der Waals surface area (Å²) >= 11 is 0. The molecule has 0 unspecified atom stereocenters. The fourth-order valence-corrected chi connectivity index (χ4v) is 2.91. The molecule has 3 rings (SSSR count). The molecular weight excluding hydrogens is 260 g/mol. The van der Waals surface area contributed by atoms with Gasteiger partial charge in [0.2, 0.25) is 5.91 Å². The fourth-order valence-electron chi connectivity index (χ4n) is 2.91. The summed E-state index contributed by atoms with van der Waals surface area (Å²) in [6.07, 6.45) is 3.37. The van der Waals surface area contributed by atoms with Gasteiger partial charge in [-0.25, -0.2) is 0 Å². The predicted octanol–water partition coefficient (Wildman–Crippen LogP) is 3.61. The van der Waals surface area contributed by atoms with Crippen molar-refractivity contribution in [1.82, 2.24) is 0 Å². The first kappa shape index (κ1) is 13.7. The lowest BCUT2D eigenvalue weighted by Crippen LogP contribution is -2.27. The van der Waals surface area contributed by atoms with E-state index in [1.54, 1.807) is 0 Å². The quantitative estimate of drug-likeness (QED) is 0.901. The molecule has 3 heteroatoms. The second-order valence-electron chi connectivity index (χ2n) is 5.61. The van der Waals surface area contributed by atoms with Crippen LogP contribution in [0.3, 0.4) is 0 Å². The molecule has 0 heterocycles. The zero-order valence-electron chi connectivity index (χ0n) is 12.2. The number of nitrogens with one attached hydrogen (secondary N) is 2. The highest BCUT2D eigenvalue weighted by atomic mass is 16.1. The van der Waals surface area contributed by atoms with Gasteiger partial charge in [-0.3, -0.25) is 4.79 Å². The third-order valence-corrected chi connectivity index (χ3v) is 3.92. The Bertz CT molecular complexity index is 634. The van der Waals surface area contributed by atoms with Crippen LogP contribution in [0.15, 0.2) is 48.5 Å². The van der Waals surface area contributed by atoms with Gasteiger partial charge in [0.15, 0.2) is 0 Å². The van der Waals surface area contributed by atoms with E-state index < -0.39 is 0 Å². The molecule has 2 N–H and O–H groups in total. The second-order valence-corrected chi connectivity index (χ2v) is 5.61. The largest absolute Gasteiger partial charge is 0.382 e. The monoisotopic (exact) mass is 280 g/mol. The molecule has 3 nitrogen and oxygen atoms in total. The molecule has 21 heavy (non-hydrogen) atoms. The SMILES string of the molecule is CC(=O)Nc1ccc(N[C@@H]2CCc3ccccc3C2)cc1. The molecule has 1 aliphatic carbocycles. The van der Waals surface area contributed by atoms with Crippen molar-refractivity contribution in [3.8, 4) is 0 Å². The molecule has 0 radical (unpaired) electrons. The van der Waals surface area contributed by atoms with Crippen molar-refractivity contribution in [2.75, 3.05) is 10.6 Å². The standard InChI is InChI=1S/C18H20N2O/c1-13(21)19-16-8-10-17(11-9-16)20-18-7-6-14-4-2-3-5-15(14)12-18/h2-5,8-11,18,20H,6-7,12H2,1H3,(H,19,21)/t18-/m1/s1. The van der Waals surface area contributed by atoms with Gasteiger partial charge in [-0.1, -0.05) is 24.3 Å². The molecule has 1 aliphatic rings. The van der Waals surface area contributed by atoms with Crippen molar-refractivity contribution in [1.29, 1.82) is 0 Å². The lowest BCUT2D eigenvalue weighted by atomic mass is 9.88. The fraction of sp³-hybridized carbons (Fsp3) is 0.278. The number of fused-ring (bicyclic) bond motifs is 1. The van der Waals surface area contributed by atoms with Gasteiger partial charge in [0, 0.05) is 24.3 Å². The smallest absolute Gasteiger partial charge is 0.221 e. The summed E-state index contributed by atoms with van der Waals surface area (Å²) in [7, 11) is 0. The van der Waals surface area contributed by atoms with Gasteiger partial charge in [-0.15, -0.1) is 0 Å². The van der Waals surface area contributed by atoms with Gasteiger partial charge in [-0.05, 0) is 54.7 Å². The van der Waals surface area contributed by atoms with E-state index in [2.05, 4.69) is 34.9 Å². The lowest BCUT2D eigenvalue weighted by Gasteiger charge is -2.26. The van der Waals surface area contributed by atoms with Crippen molar-refractivity contribution in [3.63, 3.8) is 0 Å². The van der Waals surface area contributed by atoms with Crippen molar-refractivity contribution in [3.05, 3.63) is 59.7 Å². The zero-order chi connectivity index (χ0) is 14.7. The molecular formula is C18H20N2O. The summed E-state index contributed by atoms with van der Waals surface area (Å²) in [5.41, 5.74) is 4.88. The summed E-state index contributed by atoms with van der Waals surface area (Å²) in [6, 6.07) is 17.1. The van der Waals surface area contributed by atoms with Gasteiger partial charge in [0.1, 0.15) is 0 Å². The Labute approximate surface area is 125 Å². The minimum Gasteiger partial charge on any atom is -0.382 e. The molecule has 0 aliphatic heterocycles. The average Bonchev–Trinajstić information content (AvgIpc) is 2.49. The van der Waals surface area contributed by atoms with E-state index in [4.69, 9.17) is 0 Å². The van der Waals surface area contributed by atoms with Gasteiger partial charge in [0.05, 0.1) is 0 Å². The maximum Gasteiger partial charge on any atom is 0.221 e. The Morgan fingerprint density at radius 1 is 1.00 bits per heavy atom. The van der Waals surface area contributed by atoms with Crippen LogP contribution in [-0.2, 0) is 17.6 Å². The van der Waals surface area contributed by atoms with Gasteiger partial charge in [-0.2, -0.15) is 0 Å². The molecule has 0 spiro atoms. The van der Waals surface area contributed by atoms with Crippen LogP contribution in [0.1, 0.15) is 24.5 Å². The van der Waals surface area contributed by atoms with Crippen molar-refractivity contribution in [2.45, 2.75) is 32.2 Å². The predicted molar refractivity (Wildman–Crippen MR) is 86.6 cm³/mol. The third kappa shape index (κ3) is 3.43. The summed E-state index contributed by atoms with van der Waals surface area (Å²) in [6.45, 7) is 1.52. The summed E-state index contributed by atoms with van der Waals surface area (Å²) in [5, 5.41) is 6.37. The molecule has 0 saturated heterocycles. The number of rotatable bonds is 3. The highest BCUT2D eigenvalue weighted by molar-refractivity contribution is 5.88. The number of hydrogen-bond donors (Lipinski definition) is 2. The van der Waals surface area contributed by atoms with Gasteiger partial charge in [0.25, 0.3) is 0 Å². The number of amides is 1. The van der Waals surface area contributed by atoms with Crippen molar-refractivity contribution < 1.29 is 4.79 Å². The van der Waals surface area contributed by atoms with Crippen LogP contribution in [0.5, 0.6) is 0 Å². The molecule has 0 fully saturated rings. The molecule has 2 aromatic carbocycles. The van der Waals surface area contributed by atoms with Crippen molar-refractivity contribution in [2.24, 2.45) is 0 Å². The van der Waals surface area contributed by atoms with Crippen LogP contribution in [0, 0.1) is 0 Å². The highest BCUT2D eigenvalue weighted by Gasteiger charge is 2.17. The molecule has 108 valence electrons. The van der Waals surface area contributed by atoms with E-state index in [9.17, 15) is 4.79 Å². The van der Waals surface area contributed by atoms with Crippen LogP contribution in [0.25, 0.3) is 0 Å². The maximum atomic E-state index is 11.0. The number of benzene rings is 2. The minimum atomic E-state index is -0.0420. The first-order chi connectivity index (χ1) is 10.2. The first-order valence-corrected chi connectivity index (χ1v) is 7.42. The number of hydrogen-bond acceptors (Lipinski definition) is 2. The lowest BCUT2D eigenvalue weighted by molar-refractivity contribution is -0.114. The van der Waals surface area contributed by atoms with Crippen LogP contribution in [0.4, 0.5) is 11.4 Å². The molecule has 1 amide bonds. The summed E-state index contributed by atoms with van der Waals surface area (Å²) in [4.78, 5) is 11.0. The molecule has 0 saturated carbocycles. The van der Waals surface area contributed by atoms with E-state index in [1.165, 1.54) is 18.1 Å². The van der Waals surface area contributed by atoms with Crippen LogP contribution in [-0.4, -0.2) is 11.9 Å². The average molecular weight is 280 g/mol. The van der Waals surface area contributed by atoms with E-state index >= 15 is 0 Å². The first-order valence-electron chi connectivity index (χ1n) is 7.42. The Hall–Kier alpha value is -2.29. The van der Waals surface area contributed by atoms with Crippen LogP contribution < -0.4 is 10.6 Å². The third-order valence-electron chi connectivity index (χ3n) is 3.92. The van der Waals surface area contributed by atoms with Gasteiger partial charge < -0.3 is 10.6 Å². The Morgan fingerprint density at radius 2 is 1.67 bits per heavy atom. The van der Waals surface area contributed by atoms with Crippen LogP contribution >= 0.6 is 0 Å². The molecule has 0 aromatic heterocycles. The zero-order valence-corrected chi connectivity index (χ0v) is 12.2. The molecule has 1 atom stereocenters. The number of carbonyl (C=O) groups excluding carboxylic acids is 1. The van der Waals surface area contributed by atoms with E-state index in [-0.39, 0.29) is 5.91 Å². The van der Waals surface area contributed by atoms with Crippen LogP contribution in [0.2, 0.25) is 0 Å². The molecule has 2 aromatic rings. The highest BCUT2D eigenvalue weighted by Crippen LogP contribution is 2.24. The number of anilines is 2. The van der Waals surface area contributed by atoms with Crippen molar-refractivity contribution >= 4 is 17.3 Å².